The van der Waals surface area contributed by atoms with Gasteiger partial charge in [-0.3, -0.25) is 4.79 Å². The van der Waals surface area contributed by atoms with Crippen molar-refractivity contribution >= 4 is 39.9 Å². The number of carboxylic acid groups (broad SMARTS) is 1. The number of hydrogen-bond donors (Lipinski definition) is 2. The first-order valence-electron chi connectivity index (χ1n) is 10.8. The van der Waals surface area contributed by atoms with E-state index in [1.165, 1.54) is 37.6 Å². The lowest BCUT2D eigenvalue weighted by Gasteiger charge is -2.15. The van der Waals surface area contributed by atoms with Crippen LogP contribution < -0.4 is 10.1 Å². The van der Waals surface area contributed by atoms with E-state index in [0.717, 1.165) is 23.3 Å². The summed E-state index contributed by atoms with van der Waals surface area (Å²) in [7, 11) is 1.39. The number of halogens is 4. The second-order valence-electron chi connectivity index (χ2n) is 7.83. The molecule has 2 N–H and O–H groups in total. The fourth-order valence-corrected chi connectivity index (χ4v) is 4.12. The lowest BCUT2D eigenvalue weighted by Crippen LogP contribution is -2.21. The Morgan fingerprint density at radius 2 is 1.87 bits per heavy atom. The Hall–Kier alpha value is -5.05. The number of pyridine rings is 2. The van der Waals surface area contributed by atoms with Gasteiger partial charge in [-0.15, -0.1) is 5.10 Å². The van der Waals surface area contributed by atoms with Crippen molar-refractivity contribution in [1.82, 2.24) is 34.7 Å². The van der Waals surface area contributed by atoms with Crippen LogP contribution in [0.5, 0.6) is 5.88 Å². The van der Waals surface area contributed by atoms with Gasteiger partial charge >= 0.3 is 12.1 Å². The number of ether oxygens (including phenoxy) is 1. The molecule has 0 atom stereocenters. The van der Waals surface area contributed by atoms with Crippen LogP contribution in [0, 0.1) is 0 Å². The number of nitrogens with one attached hydrogen (secondary N) is 1. The quantitative estimate of drug-likeness (QED) is 0.315. The average molecular weight is 559 g/mol. The highest BCUT2D eigenvalue weighted by Gasteiger charge is 2.41. The Labute approximate surface area is 220 Å². The van der Waals surface area contributed by atoms with Gasteiger partial charge in [-0.25, -0.2) is 19.4 Å². The number of methoxy groups -OCH3 is 1. The molecular formula is C23H14ClF3N8O4. The second-order valence-corrected chi connectivity index (χ2v) is 8.24. The van der Waals surface area contributed by atoms with Crippen LogP contribution >= 0.6 is 11.6 Å². The standard InChI is InChI=1S/C23H14ClF3N8O4/c1-39-21-13-3-2-4-16(12(13)5-6-28-21)34-18(23(25,26)27)14(9-31-34)20(36)32-11-7-15(24)19(29-8-11)35-17(22(37)38)10-30-33-35/h2-10H,1H3,(H,32,36)(H,37,38). The molecule has 0 saturated carbocycles. The minimum absolute atomic E-state index is 0.0516. The summed E-state index contributed by atoms with van der Waals surface area (Å²) >= 11 is 6.19. The van der Waals surface area contributed by atoms with Gasteiger partial charge in [-0.05, 0) is 24.3 Å². The van der Waals surface area contributed by atoms with Crippen LogP contribution in [0.1, 0.15) is 26.5 Å². The number of benzene rings is 1. The lowest BCUT2D eigenvalue weighted by atomic mass is 10.1. The van der Waals surface area contributed by atoms with Crippen molar-refractivity contribution in [2.24, 2.45) is 0 Å². The van der Waals surface area contributed by atoms with Gasteiger partial charge in [0.1, 0.15) is 0 Å². The molecule has 5 aromatic rings. The Kier molecular flexibility index (Phi) is 6.35. The number of fused-ring (bicyclic) bond motifs is 1. The largest absolute Gasteiger partial charge is 0.481 e. The van der Waals surface area contributed by atoms with E-state index in [1.807, 2.05) is 0 Å². The van der Waals surface area contributed by atoms with E-state index in [9.17, 15) is 27.9 Å². The van der Waals surface area contributed by atoms with Crippen molar-refractivity contribution in [3.63, 3.8) is 0 Å². The molecule has 5 rings (SSSR count). The van der Waals surface area contributed by atoms with Crippen LogP contribution in [0.15, 0.2) is 55.1 Å². The molecule has 0 aliphatic carbocycles. The monoisotopic (exact) mass is 558 g/mol. The van der Waals surface area contributed by atoms with E-state index >= 15 is 0 Å². The number of nitrogens with zero attached hydrogens (tertiary/aromatic N) is 7. The first kappa shape index (κ1) is 25.6. The van der Waals surface area contributed by atoms with E-state index < -0.39 is 29.3 Å². The van der Waals surface area contributed by atoms with Crippen molar-refractivity contribution in [1.29, 1.82) is 0 Å². The maximum absolute atomic E-state index is 14.3. The zero-order valence-corrected chi connectivity index (χ0v) is 20.3. The number of carboxylic acids is 1. The topological polar surface area (TPSA) is 150 Å². The SMILES string of the molecule is COc1nccc2c(-n3ncc(C(=O)Nc4cnc(-n5nncc5C(=O)O)c(Cl)c4)c3C(F)(F)F)cccc12. The van der Waals surface area contributed by atoms with Crippen LogP contribution in [0.25, 0.3) is 22.3 Å². The highest BCUT2D eigenvalue weighted by atomic mass is 35.5. The fraction of sp³-hybridized carbons (Fsp3) is 0.0870. The molecule has 0 aliphatic heterocycles. The average Bonchev–Trinajstić information content (AvgIpc) is 3.56. The third-order valence-electron chi connectivity index (χ3n) is 5.50. The molecule has 0 bridgehead atoms. The van der Waals surface area contributed by atoms with Gasteiger partial charge in [0.25, 0.3) is 5.91 Å². The molecule has 4 aromatic heterocycles. The number of rotatable bonds is 6. The maximum Gasteiger partial charge on any atom is 0.434 e. The predicted molar refractivity (Wildman–Crippen MR) is 129 cm³/mol. The molecule has 4 heterocycles. The number of amides is 1. The number of hydrogen-bond acceptors (Lipinski definition) is 8. The zero-order valence-electron chi connectivity index (χ0n) is 19.5. The molecule has 0 aliphatic rings. The van der Waals surface area contributed by atoms with Crippen LogP contribution in [0.3, 0.4) is 0 Å². The molecule has 39 heavy (non-hydrogen) atoms. The van der Waals surface area contributed by atoms with Crippen molar-refractivity contribution in [3.05, 3.63) is 77.1 Å². The molecule has 0 fully saturated rings. The van der Waals surface area contributed by atoms with Crippen LogP contribution in [-0.2, 0) is 6.18 Å². The summed E-state index contributed by atoms with van der Waals surface area (Å²) in [6.07, 6.45) is -0.729. The lowest BCUT2D eigenvalue weighted by molar-refractivity contribution is -0.143. The first-order chi connectivity index (χ1) is 18.6. The number of alkyl halides is 3. The summed E-state index contributed by atoms with van der Waals surface area (Å²) in [5, 5.41) is 23.2. The maximum atomic E-state index is 14.3. The Bertz CT molecular complexity index is 1750. The number of aromatic nitrogens is 7. The number of carbonyl (C=O) groups is 2. The van der Waals surface area contributed by atoms with Crippen molar-refractivity contribution in [2.45, 2.75) is 6.18 Å². The first-order valence-corrected chi connectivity index (χ1v) is 11.2. The third kappa shape index (κ3) is 4.59. The highest BCUT2D eigenvalue weighted by molar-refractivity contribution is 6.32. The Morgan fingerprint density at radius 1 is 1.08 bits per heavy atom. The highest BCUT2D eigenvalue weighted by Crippen LogP contribution is 2.36. The molecule has 0 unspecified atom stereocenters. The van der Waals surface area contributed by atoms with Crippen molar-refractivity contribution in [2.75, 3.05) is 12.4 Å². The number of carbonyl (C=O) groups excluding carboxylic acids is 1. The summed E-state index contributed by atoms with van der Waals surface area (Å²) in [4.78, 5) is 32.3. The minimum atomic E-state index is -4.97. The van der Waals surface area contributed by atoms with Gasteiger partial charge in [-0.1, -0.05) is 22.9 Å². The zero-order chi connectivity index (χ0) is 27.9. The van der Waals surface area contributed by atoms with Gasteiger partial charge in [0, 0.05) is 17.0 Å². The van der Waals surface area contributed by atoms with E-state index in [0.29, 0.717) is 15.5 Å². The molecule has 198 valence electrons. The molecule has 12 nitrogen and oxygen atoms in total. The minimum Gasteiger partial charge on any atom is -0.481 e. The van der Waals surface area contributed by atoms with Gasteiger partial charge in [0.2, 0.25) is 5.88 Å². The molecule has 0 radical (unpaired) electrons. The van der Waals surface area contributed by atoms with Gasteiger partial charge in [0.15, 0.2) is 17.2 Å². The third-order valence-corrected chi connectivity index (χ3v) is 5.78. The summed E-state index contributed by atoms with van der Waals surface area (Å²) in [6.45, 7) is 0. The second kappa shape index (κ2) is 9.68. The summed E-state index contributed by atoms with van der Waals surface area (Å²) in [6, 6.07) is 7.26. The van der Waals surface area contributed by atoms with E-state index in [4.69, 9.17) is 16.3 Å². The summed E-state index contributed by atoms with van der Waals surface area (Å²) in [5.74, 6) is -2.38. The Morgan fingerprint density at radius 3 is 2.56 bits per heavy atom. The Balaban J connectivity index is 1.52. The summed E-state index contributed by atoms with van der Waals surface area (Å²) < 4.78 is 49.5. The smallest absolute Gasteiger partial charge is 0.434 e. The fourth-order valence-electron chi connectivity index (χ4n) is 3.87. The molecule has 1 amide bonds. The molecule has 1 aromatic carbocycles. The van der Waals surface area contributed by atoms with E-state index in [-0.39, 0.29) is 33.8 Å². The molecular weight excluding hydrogens is 545 g/mol. The van der Waals surface area contributed by atoms with E-state index in [1.54, 1.807) is 6.07 Å². The van der Waals surface area contributed by atoms with Crippen molar-refractivity contribution in [3.8, 4) is 17.4 Å². The molecule has 0 saturated heterocycles. The van der Waals surface area contributed by atoms with Gasteiger partial charge < -0.3 is 15.2 Å². The van der Waals surface area contributed by atoms with E-state index in [2.05, 4.69) is 30.7 Å². The van der Waals surface area contributed by atoms with Crippen LogP contribution in [-0.4, -0.2) is 58.8 Å². The number of anilines is 1. The van der Waals surface area contributed by atoms with Crippen LogP contribution in [0.4, 0.5) is 18.9 Å². The van der Waals surface area contributed by atoms with Gasteiger partial charge in [0.05, 0.1) is 47.7 Å². The van der Waals surface area contributed by atoms with Crippen molar-refractivity contribution < 1.29 is 32.6 Å². The van der Waals surface area contributed by atoms with Crippen LogP contribution in [0.2, 0.25) is 5.02 Å². The summed E-state index contributed by atoms with van der Waals surface area (Å²) in [5.41, 5.74) is -2.41. The van der Waals surface area contributed by atoms with Gasteiger partial charge in [-0.2, -0.15) is 23.0 Å². The number of aromatic carboxylic acids is 1. The normalized spacial score (nSPS) is 11.5. The predicted octanol–water partition coefficient (Wildman–Crippen LogP) is 4.03. The molecule has 16 heteroatoms. The molecule has 0 spiro atoms.